The van der Waals surface area contributed by atoms with Gasteiger partial charge in [-0.3, -0.25) is 4.79 Å². The quantitative estimate of drug-likeness (QED) is 0.757. The van der Waals surface area contributed by atoms with Gasteiger partial charge in [-0.1, -0.05) is 55.5 Å². The van der Waals surface area contributed by atoms with Crippen LogP contribution in [-0.2, 0) is 9.53 Å². The lowest BCUT2D eigenvalue weighted by Crippen LogP contribution is -2.01. The molecule has 0 atom stereocenters. The second-order valence-electron chi connectivity index (χ2n) is 3.90. The zero-order valence-electron chi connectivity index (χ0n) is 11.1. The van der Waals surface area contributed by atoms with E-state index in [2.05, 4.69) is 53.3 Å². The van der Waals surface area contributed by atoms with Gasteiger partial charge in [-0.05, 0) is 24.1 Å². The van der Waals surface area contributed by atoms with E-state index in [9.17, 15) is 4.79 Å². The Morgan fingerprint density at radius 2 is 1.39 bits per heavy atom. The molecule has 2 rings (SSSR count). The fraction of sp³-hybridized carbons (Fsp3) is 0.312. The molecule has 0 unspecified atom stereocenters. The average Bonchev–Trinajstić information content (AvgIpc) is 2.40. The molecule has 0 aromatic heterocycles. The number of ether oxygens (including phenoxy) is 1. The van der Waals surface area contributed by atoms with Gasteiger partial charge in [0, 0.05) is 6.42 Å². The summed E-state index contributed by atoms with van der Waals surface area (Å²) in [6.07, 6.45) is 1.42. The van der Waals surface area contributed by atoms with Crippen LogP contribution in [-0.4, -0.2) is 12.6 Å². The predicted molar refractivity (Wildman–Crippen MR) is 75.5 cm³/mol. The molecular formula is C16H20O2. The summed E-state index contributed by atoms with van der Waals surface area (Å²) in [5.41, 5.74) is 0. The largest absolute Gasteiger partial charge is 0.466 e. The van der Waals surface area contributed by atoms with Gasteiger partial charge < -0.3 is 4.74 Å². The number of hydrogen-bond acceptors (Lipinski definition) is 2. The van der Waals surface area contributed by atoms with E-state index in [0.717, 1.165) is 6.42 Å². The van der Waals surface area contributed by atoms with E-state index in [1.165, 1.54) is 10.8 Å². The van der Waals surface area contributed by atoms with Crippen LogP contribution in [0.25, 0.3) is 10.8 Å². The van der Waals surface area contributed by atoms with Gasteiger partial charge >= 0.3 is 5.97 Å². The van der Waals surface area contributed by atoms with Crippen molar-refractivity contribution in [2.75, 3.05) is 6.61 Å². The molecule has 0 saturated heterocycles. The number of rotatable bonds is 3. The maximum atomic E-state index is 10.4. The molecule has 96 valence electrons. The number of esters is 1. The minimum Gasteiger partial charge on any atom is -0.466 e. The SMILES string of the molecule is CCCC(=O)OCC.c1ccc2ccccc2c1. The fourth-order valence-corrected chi connectivity index (χ4v) is 1.57. The minimum atomic E-state index is -0.0880. The lowest BCUT2D eigenvalue weighted by atomic mass is 10.1. The molecule has 0 amide bonds. The van der Waals surface area contributed by atoms with Crippen LogP contribution >= 0.6 is 0 Å². The highest BCUT2D eigenvalue weighted by Crippen LogP contribution is 2.11. The Labute approximate surface area is 109 Å². The molecule has 0 aliphatic carbocycles. The number of carbonyl (C=O) groups is 1. The van der Waals surface area contributed by atoms with Crippen LogP contribution in [0, 0.1) is 0 Å². The Morgan fingerprint density at radius 1 is 0.944 bits per heavy atom. The summed E-state index contributed by atoms with van der Waals surface area (Å²) in [5.74, 6) is -0.0880. The topological polar surface area (TPSA) is 26.3 Å². The molecule has 2 aromatic rings. The molecule has 2 nitrogen and oxygen atoms in total. The number of hydrogen-bond donors (Lipinski definition) is 0. The highest BCUT2D eigenvalue weighted by Gasteiger charge is 1.95. The van der Waals surface area contributed by atoms with Crippen LogP contribution in [0.1, 0.15) is 26.7 Å². The maximum absolute atomic E-state index is 10.4. The van der Waals surface area contributed by atoms with Crippen LogP contribution in [0.3, 0.4) is 0 Å². The van der Waals surface area contributed by atoms with E-state index < -0.39 is 0 Å². The number of fused-ring (bicyclic) bond motifs is 1. The first-order valence-electron chi connectivity index (χ1n) is 6.37. The van der Waals surface area contributed by atoms with E-state index in [-0.39, 0.29) is 5.97 Å². The van der Waals surface area contributed by atoms with E-state index in [4.69, 9.17) is 0 Å². The van der Waals surface area contributed by atoms with Gasteiger partial charge in [-0.15, -0.1) is 0 Å². The smallest absolute Gasteiger partial charge is 0.305 e. The molecule has 0 aliphatic heterocycles. The van der Waals surface area contributed by atoms with Crippen molar-refractivity contribution >= 4 is 16.7 Å². The molecule has 0 bridgehead atoms. The zero-order valence-corrected chi connectivity index (χ0v) is 11.1. The van der Waals surface area contributed by atoms with Crippen molar-refractivity contribution < 1.29 is 9.53 Å². The van der Waals surface area contributed by atoms with Crippen LogP contribution in [0.5, 0.6) is 0 Å². The molecule has 18 heavy (non-hydrogen) atoms. The van der Waals surface area contributed by atoms with Crippen LogP contribution < -0.4 is 0 Å². The van der Waals surface area contributed by atoms with Gasteiger partial charge in [0.25, 0.3) is 0 Å². The van der Waals surface area contributed by atoms with Crippen LogP contribution in [0.15, 0.2) is 48.5 Å². The van der Waals surface area contributed by atoms with Crippen molar-refractivity contribution in [1.82, 2.24) is 0 Å². The van der Waals surface area contributed by atoms with E-state index in [1.807, 2.05) is 13.8 Å². The van der Waals surface area contributed by atoms with Gasteiger partial charge in [0.2, 0.25) is 0 Å². The van der Waals surface area contributed by atoms with Crippen LogP contribution in [0.4, 0.5) is 0 Å². The third-order valence-electron chi connectivity index (χ3n) is 2.42. The Balaban J connectivity index is 0.000000187. The lowest BCUT2D eigenvalue weighted by molar-refractivity contribution is -0.143. The van der Waals surface area contributed by atoms with Gasteiger partial charge in [0.05, 0.1) is 6.61 Å². The van der Waals surface area contributed by atoms with Crippen molar-refractivity contribution in [3.05, 3.63) is 48.5 Å². The lowest BCUT2D eigenvalue weighted by Gasteiger charge is -1.96. The number of benzene rings is 2. The first-order valence-corrected chi connectivity index (χ1v) is 6.37. The Bertz CT molecular complexity index is 404. The Morgan fingerprint density at radius 3 is 1.72 bits per heavy atom. The fourth-order valence-electron chi connectivity index (χ4n) is 1.57. The van der Waals surface area contributed by atoms with Crippen molar-refractivity contribution in [1.29, 1.82) is 0 Å². The highest BCUT2D eigenvalue weighted by atomic mass is 16.5. The molecule has 0 fully saturated rings. The highest BCUT2D eigenvalue weighted by molar-refractivity contribution is 5.82. The summed E-state index contributed by atoms with van der Waals surface area (Å²) in [4.78, 5) is 10.4. The normalized spacial score (nSPS) is 9.44. The molecule has 0 N–H and O–H groups in total. The molecule has 0 heterocycles. The maximum Gasteiger partial charge on any atom is 0.305 e. The molecule has 0 aliphatic rings. The zero-order chi connectivity index (χ0) is 13.2. The predicted octanol–water partition coefficient (Wildman–Crippen LogP) is 4.19. The van der Waals surface area contributed by atoms with Gasteiger partial charge in [0.1, 0.15) is 0 Å². The Kier molecular flexibility index (Phi) is 6.55. The molecule has 0 saturated carbocycles. The van der Waals surface area contributed by atoms with Gasteiger partial charge in [-0.2, -0.15) is 0 Å². The minimum absolute atomic E-state index is 0.0880. The second-order valence-corrected chi connectivity index (χ2v) is 3.90. The van der Waals surface area contributed by atoms with E-state index >= 15 is 0 Å². The number of carbonyl (C=O) groups excluding carboxylic acids is 1. The average molecular weight is 244 g/mol. The molecular weight excluding hydrogens is 224 g/mol. The summed E-state index contributed by atoms with van der Waals surface area (Å²) < 4.78 is 4.64. The summed E-state index contributed by atoms with van der Waals surface area (Å²) in [5, 5.41) is 2.62. The second kappa shape index (κ2) is 8.29. The summed E-state index contributed by atoms with van der Waals surface area (Å²) in [6.45, 7) is 4.27. The standard InChI is InChI=1S/C10H8.C6H12O2/c1-2-6-10-8-4-3-7-9(10)5-1;1-3-5-6(7)8-4-2/h1-8H;3-5H2,1-2H3. The first kappa shape index (κ1) is 14.2. The third-order valence-corrected chi connectivity index (χ3v) is 2.42. The monoisotopic (exact) mass is 244 g/mol. The first-order chi connectivity index (χ1) is 8.77. The van der Waals surface area contributed by atoms with Crippen molar-refractivity contribution in [2.24, 2.45) is 0 Å². The van der Waals surface area contributed by atoms with Gasteiger partial charge in [0.15, 0.2) is 0 Å². The van der Waals surface area contributed by atoms with Gasteiger partial charge in [-0.25, -0.2) is 0 Å². The summed E-state index contributed by atoms with van der Waals surface area (Å²) >= 11 is 0. The Hall–Kier alpha value is -1.83. The van der Waals surface area contributed by atoms with Crippen molar-refractivity contribution in [2.45, 2.75) is 26.7 Å². The third kappa shape index (κ3) is 5.00. The molecule has 0 radical (unpaired) electrons. The van der Waals surface area contributed by atoms with Crippen molar-refractivity contribution in [3.63, 3.8) is 0 Å². The summed E-state index contributed by atoms with van der Waals surface area (Å²) in [6, 6.07) is 16.7. The van der Waals surface area contributed by atoms with E-state index in [1.54, 1.807) is 0 Å². The van der Waals surface area contributed by atoms with Crippen LogP contribution in [0.2, 0.25) is 0 Å². The van der Waals surface area contributed by atoms with E-state index in [0.29, 0.717) is 13.0 Å². The summed E-state index contributed by atoms with van der Waals surface area (Å²) in [7, 11) is 0. The van der Waals surface area contributed by atoms with Crippen molar-refractivity contribution in [3.8, 4) is 0 Å². The molecule has 2 aromatic carbocycles. The molecule has 2 heteroatoms. The molecule has 0 spiro atoms.